The lowest BCUT2D eigenvalue weighted by molar-refractivity contribution is 0.296. The molecule has 1 rings (SSSR count). The fourth-order valence-corrected chi connectivity index (χ4v) is 2.00. The van der Waals surface area contributed by atoms with Gasteiger partial charge in [-0.15, -0.1) is 6.58 Å². The van der Waals surface area contributed by atoms with Crippen molar-refractivity contribution in [2.75, 3.05) is 13.2 Å². The van der Waals surface area contributed by atoms with E-state index in [2.05, 4.69) is 52.7 Å². The van der Waals surface area contributed by atoms with Gasteiger partial charge in [0, 0.05) is 22.8 Å². The van der Waals surface area contributed by atoms with Crippen LogP contribution in [0, 0.1) is 5.92 Å². The molecular weight excluding hydrogens is 304 g/mol. The van der Waals surface area contributed by atoms with Crippen molar-refractivity contribution in [3.8, 4) is 5.88 Å². The topological polar surface area (TPSA) is 34.1 Å². The number of hydrogen-bond acceptors (Lipinski definition) is 3. The molecule has 0 spiro atoms. The van der Waals surface area contributed by atoms with Crippen molar-refractivity contribution in [2.45, 2.75) is 33.2 Å². The van der Waals surface area contributed by atoms with Gasteiger partial charge in [0.25, 0.3) is 0 Å². The van der Waals surface area contributed by atoms with E-state index in [-0.39, 0.29) is 0 Å². The van der Waals surface area contributed by atoms with E-state index in [1.807, 2.05) is 6.08 Å². The summed E-state index contributed by atoms with van der Waals surface area (Å²) in [5.41, 5.74) is 1.09. The first-order valence-electron chi connectivity index (χ1n) is 6.72. The van der Waals surface area contributed by atoms with Gasteiger partial charge in [0.2, 0.25) is 5.88 Å². The zero-order chi connectivity index (χ0) is 14.1. The number of hydrogen-bond donors (Lipinski definition) is 1. The van der Waals surface area contributed by atoms with Gasteiger partial charge in [0.1, 0.15) is 0 Å². The predicted octanol–water partition coefficient (Wildman–Crippen LogP) is 3.93. The maximum atomic E-state index is 5.73. The van der Waals surface area contributed by atoms with Crippen LogP contribution < -0.4 is 10.1 Å². The number of nitrogens with zero attached hydrogens (tertiary/aromatic N) is 1. The van der Waals surface area contributed by atoms with Gasteiger partial charge in [0.15, 0.2) is 0 Å². The summed E-state index contributed by atoms with van der Waals surface area (Å²) in [6.07, 6.45) is 5.62. The molecule has 0 aliphatic heterocycles. The van der Waals surface area contributed by atoms with Gasteiger partial charge in [-0.05, 0) is 47.3 Å². The maximum Gasteiger partial charge on any atom is 0.217 e. The molecule has 1 aromatic heterocycles. The molecule has 1 heterocycles. The number of rotatable bonds is 9. The Morgan fingerprint density at radius 1 is 1.53 bits per heavy atom. The highest BCUT2D eigenvalue weighted by Crippen LogP contribution is 2.20. The van der Waals surface area contributed by atoms with E-state index in [1.165, 1.54) is 0 Å². The van der Waals surface area contributed by atoms with Crippen LogP contribution in [0.1, 0.15) is 32.3 Å². The second-order valence-corrected chi connectivity index (χ2v) is 5.84. The zero-order valence-electron chi connectivity index (χ0n) is 11.8. The molecule has 1 N–H and O–H groups in total. The van der Waals surface area contributed by atoms with Crippen LogP contribution in [0.5, 0.6) is 5.88 Å². The van der Waals surface area contributed by atoms with Crippen LogP contribution in [0.2, 0.25) is 0 Å². The summed E-state index contributed by atoms with van der Waals surface area (Å²) in [5, 5.41) is 3.41. The van der Waals surface area contributed by atoms with Crippen LogP contribution in [-0.2, 0) is 6.54 Å². The third kappa shape index (κ3) is 6.73. The van der Waals surface area contributed by atoms with Crippen molar-refractivity contribution < 1.29 is 4.74 Å². The van der Waals surface area contributed by atoms with Crippen molar-refractivity contribution in [2.24, 2.45) is 5.92 Å². The van der Waals surface area contributed by atoms with E-state index in [9.17, 15) is 0 Å². The molecule has 19 heavy (non-hydrogen) atoms. The van der Waals surface area contributed by atoms with Crippen LogP contribution in [-0.4, -0.2) is 18.1 Å². The van der Waals surface area contributed by atoms with E-state index in [0.29, 0.717) is 12.5 Å². The van der Waals surface area contributed by atoms with E-state index in [1.54, 1.807) is 6.20 Å². The number of allylic oxidation sites excluding steroid dienone is 1. The predicted molar refractivity (Wildman–Crippen MR) is 83.4 cm³/mol. The highest BCUT2D eigenvalue weighted by atomic mass is 79.9. The molecule has 0 radical (unpaired) electrons. The van der Waals surface area contributed by atoms with E-state index in [4.69, 9.17) is 4.74 Å². The van der Waals surface area contributed by atoms with Crippen molar-refractivity contribution in [1.82, 2.24) is 10.3 Å². The fourth-order valence-electron chi connectivity index (χ4n) is 1.62. The first kappa shape index (κ1) is 16.2. The molecule has 0 atom stereocenters. The summed E-state index contributed by atoms with van der Waals surface area (Å²) in [6, 6.07) is 2.06. The van der Waals surface area contributed by atoms with Gasteiger partial charge < -0.3 is 10.1 Å². The minimum absolute atomic E-state index is 0.636. The Morgan fingerprint density at radius 3 is 3.00 bits per heavy atom. The molecular formula is C15H23BrN2O. The Hall–Kier alpha value is -0.870. The Labute approximate surface area is 124 Å². The molecule has 0 fully saturated rings. The second-order valence-electron chi connectivity index (χ2n) is 4.92. The molecule has 0 amide bonds. The molecule has 4 heteroatoms. The number of unbranched alkanes of at least 4 members (excludes halogenated alkanes) is 1. The van der Waals surface area contributed by atoms with E-state index >= 15 is 0 Å². The average Bonchev–Trinajstić information content (AvgIpc) is 2.36. The Kier molecular flexibility index (Phi) is 7.75. The maximum absolute atomic E-state index is 5.73. The minimum Gasteiger partial charge on any atom is -0.477 e. The number of aromatic nitrogens is 1. The molecule has 0 aliphatic carbocycles. The van der Waals surface area contributed by atoms with Crippen LogP contribution in [0.4, 0.5) is 0 Å². The van der Waals surface area contributed by atoms with Crippen molar-refractivity contribution in [3.05, 3.63) is 35.0 Å². The molecule has 0 bridgehead atoms. The monoisotopic (exact) mass is 326 g/mol. The van der Waals surface area contributed by atoms with Crippen LogP contribution in [0.25, 0.3) is 0 Å². The third-order valence-corrected chi connectivity index (χ3v) is 2.99. The number of halogens is 1. The summed E-state index contributed by atoms with van der Waals surface area (Å²) < 4.78 is 6.71. The van der Waals surface area contributed by atoms with Gasteiger partial charge in [-0.2, -0.15) is 0 Å². The van der Waals surface area contributed by atoms with Crippen LogP contribution >= 0.6 is 15.9 Å². The Balaban J connectivity index is 2.55. The van der Waals surface area contributed by atoms with Crippen molar-refractivity contribution >= 4 is 15.9 Å². The summed E-state index contributed by atoms with van der Waals surface area (Å²) in [4.78, 5) is 4.34. The number of nitrogens with one attached hydrogen (secondary N) is 1. The summed E-state index contributed by atoms with van der Waals surface area (Å²) >= 11 is 3.45. The minimum atomic E-state index is 0.636. The molecule has 1 aromatic rings. The molecule has 0 unspecified atom stereocenters. The van der Waals surface area contributed by atoms with Gasteiger partial charge >= 0.3 is 0 Å². The highest BCUT2D eigenvalue weighted by molar-refractivity contribution is 9.10. The number of pyridine rings is 1. The molecule has 0 aliphatic rings. The SMILES string of the molecule is C=CCCCOc1ncc(Br)cc1CNCC(C)C. The molecule has 3 nitrogen and oxygen atoms in total. The normalized spacial score (nSPS) is 10.7. The smallest absolute Gasteiger partial charge is 0.217 e. The zero-order valence-corrected chi connectivity index (χ0v) is 13.4. The number of ether oxygens (including phenoxy) is 1. The van der Waals surface area contributed by atoms with E-state index < -0.39 is 0 Å². The largest absolute Gasteiger partial charge is 0.477 e. The highest BCUT2D eigenvalue weighted by Gasteiger charge is 2.06. The molecule has 0 saturated carbocycles. The Bertz CT molecular complexity index is 394. The quantitative estimate of drug-likeness (QED) is 0.551. The summed E-state index contributed by atoms with van der Waals surface area (Å²) in [7, 11) is 0. The van der Waals surface area contributed by atoms with Crippen molar-refractivity contribution in [3.63, 3.8) is 0 Å². The third-order valence-electron chi connectivity index (χ3n) is 2.55. The lowest BCUT2D eigenvalue weighted by Gasteiger charge is -2.12. The van der Waals surface area contributed by atoms with Gasteiger partial charge in [-0.25, -0.2) is 4.98 Å². The van der Waals surface area contributed by atoms with Gasteiger partial charge in [-0.3, -0.25) is 0 Å². The van der Waals surface area contributed by atoms with Crippen molar-refractivity contribution in [1.29, 1.82) is 0 Å². The summed E-state index contributed by atoms with van der Waals surface area (Å²) in [6.45, 7) is 10.5. The first-order chi connectivity index (χ1) is 9.13. The van der Waals surface area contributed by atoms with E-state index in [0.717, 1.165) is 41.8 Å². The standard InChI is InChI=1S/C15H23BrN2O/c1-4-5-6-7-19-15-13(8-14(16)11-18-15)10-17-9-12(2)3/h4,8,11-12,17H,1,5-7,9-10H2,2-3H3. The lowest BCUT2D eigenvalue weighted by atomic mass is 10.2. The first-order valence-corrected chi connectivity index (χ1v) is 7.51. The fraction of sp³-hybridized carbons (Fsp3) is 0.533. The molecule has 106 valence electrons. The Morgan fingerprint density at radius 2 is 2.32 bits per heavy atom. The molecule has 0 aromatic carbocycles. The van der Waals surface area contributed by atoms with Gasteiger partial charge in [-0.1, -0.05) is 19.9 Å². The average molecular weight is 327 g/mol. The van der Waals surface area contributed by atoms with Gasteiger partial charge in [0.05, 0.1) is 6.61 Å². The molecule has 0 saturated heterocycles. The summed E-state index contributed by atoms with van der Waals surface area (Å²) in [5.74, 6) is 1.36. The second kappa shape index (κ2) is 9.10. The van der Waals surface area contributed by atoms with Crippen LogP contribution in [0.15, 0.2) is 29.4 Å². The lowest BCUT2D eigenvalue weighted by Crippen LogP contribution is -2.19. The van der Waals surface area contributed by atoms with Crippen LogP contribution in [0.3, 0.4) is 0 Å².